The van der Waals surface area contributed by atoms with Crippen LogP contribution in [0, 0.1) is 5.92 Å². The van der Waals surface area contributed by atoms with Crippen molar-refractivity contribution >= 4 is 141 Å². The molecule has 0 amide bonds. The average molecular weight is 1970 g/mol. The molecule has 0 spiro atoms. The predicted molar refractivity (Wildman–Crippen MR) is 466 cm³/mol. The largest absolute Gasteiger partial charge is 0.377 e. The van der Waals surface area contributed by atoms with E-state index in [9.17, 15) is 108 Å². The lowest BCUT2D eigenvalue weighted by Crippen LogP contribution is -2.36. The fourth-order valence-corrected chi connectivity index (χ4v) is 41.0. The van der Waals surface area contributed by atoms with Crippen LogP contribution in [-0.2, 0) is 166 Å². The number of hydrogen-bond donors (Lipinski definition) is 0. The SMILES string of the molecule is CC(C)S(=O)(=O)CC1CCC1.CC(C)S(=O)(=O)CC1CCO1.CCO[P@@](=O)(CC)CS(=O)(=O)C(C)C.CCO[P@@](C)(=O)CS(=O)(=O)C(C)C.CCO[P@](=O)(CC)CS(=O)(=O)C(C)C.CCO[P@](C)(=O)CS(=O)(=O)C(C)C.COP(=O)(OC)[C@@H](C)S(=O)(=O)C(C)C.COP(=O)(OC)[C@H](C)S(C)(=O)=O.CO[P@](C)(=O)CS(=O)(=O)C(C)C. The molecule has 114 heavy (non-hydrogen) atoms. The molecule has 0 bridgehead atoms. The van der Waals surface area contributed by atoms with Crippen molar-refractivity contribution < 1.29 is 153 Å². The van der Waals surface area contributed by atoms with Gasteiger partial charge in [0.15, 0.2) is 98.5 Å². The van der Waals surface area contributed by atoms with E-state index in [4.69, 9.17) is 22.8 Å². The lowest BCUT2D eigenvalue weighted by Gasteiger charge is -2.26. The van der Waals surface area contributed by atoms with Crippen LogP contribution in [-0.4, -0.2) is 280 Å². The topological polar surface area (TPSA) is 519 Å². The molecule has 1 unspecified atom stereocenters. The van der Waals surface area contributed by atoms with E-state index in [1.807, 2.05) is 0 Å². The molecule has 0 aromatic heterocycles. The fourth-order valence-electron chi connectivity index (χ4n) is 7.46. The second-order valence-corrected chi connectivity index (χ2v) is 73.5. The third-order valence-corrected chi connectivity index (χ3v) is 60.9. The van der Waals surface area contributed by atoms with Crippen LogP contribution < -0.4 is 0 Å². The molecule has 2 fully saturated rings. The summed E-state index contributed by atoms with van der Waals surface area (Å²) in [7, 11) is -44.7. The maximum Gasteiger partial charge on any atom is 0.347 e. The smallest absolute Gasteiger partial charge is 0.347 e. The maximum atomic E-state index is 11.9. The van der Waals surface area contributed by atoms with Crippen molar-refractivity contribution in [1.29, 1.82) is 0 Å². The van der Waals surface area contributed by atoms with Crippen LogP contribution in [0.3, 0.4) is 0 Å². The second kappa shape index (κ2) is 56.0. The van der Waals surface area contributed by atoms with Crippen molar-refractivity contribution in [3.05, 3.63) is 0 Å². The Bertz CT molecular complexity index is 4030. The van der Waals surface area contributed by atoms with Gasteiger partial charge in [0.25, 0.3) is 0 Å². The predicted octanol–water partition coefficient (Wildman–Crippen LogP) is 13.7. The molecule has 1 aliphatic heterocycles. The van der Waals surface area contributed by atoms with Crippen molar-refractivity contribution in [1.82, 2.24) is 0 Å². The normalized spacial score (nSPS) is 18.0. The van der Waals surface area contributed by atoms with E-state index in [1.165, 1.54) is 75.4 Å². The molecular formula is C63H147O35P7S9. The van der Waals surface area contributed by atoms with Gasteiger partial charge in [0.1, 0.15) is 27.5 Å². The van der Waals surface area contributed by atoms with E-state index in [0.29, 0.717) is 24.9 Å². The van der Waals surface area contributed by atoms with Crippen LogP contribution in [0.5, 0.6) is 0 Å². The van der Waals surface area contributed by atoms with Gasteiger partial charge in [0.2, 0.25) is 36.8 Å². The van der Waals surface area contributed by atoms with E-state index < -0.39 is 182 Å². The van der Waals surface area contributed by atoms with E-state index in [-0.39, 0.29) is 75.4 Å². The minimum atomic E-state index is -3.54. The number of rotatable bonds is 41. The first kappa shape index (κ1) is 128. The van der Waals surface area contributed by atoms with Gasteiger partial charge < -0.3 is 45.5 Å². The summed E-state index contributed by atoms with van der Waals surface area (Å²) in [6.45, 7) is 44.4. The third kappa shape index (κ3) is 53.8. The first-order valence-corrected chi connectivity index (χ1v) is 66.2. The van der Waals surface area contributed by atoms with Gasteiger partial charge in [-0.15, -0.1) is 0 Å². The minimum Gasteiger partial charge on any atom is -0.377 e. The summed E-state index contributed by atoms with van der Waals surface area (Å²) in [6, 6.07) is 0. The number of sulfone groups is 9. The van der Waals surface area contributed by atoms with Crippen molar-refractivity contribution in [3.8, 4) is 0 Å². The summed E-state index contributed by atoms with van der Waals surface area (Å²) < 4.78 is 334. The lowest BCUT2D eigenvalue weighted by atomic mass is 9.87. The maximum absolute atomic E-state index is 11.9. The Hall–Kier alpha value is 0.760. The molecule has 0 aromatic carbocycles. The zero-order valence-electron chi connectivity index (χ0n) is 73.7. The van der Waals surface area contributed by atoms with Gasteiger partial charge >= 0.3 is 15.2 Å². The van der Waals surface area contributed by atoms with Crippen LogP contribution in [0.1, 0.15) is 192 Å². The molecule has 0 aromatic rings. The summed E-state index contributed by atoms with van der Waals surface area (Å²) in [5, 5.41) is -3.56. The highest BCUT2D eigenvalue weighted by molar-refractivity contribution is 8.01. The van der Waals surface area contributed by atoms with Crippen molar-refractivity contribution in [2.45, 2.75) is 250 Å². The standard InChI is InChI=1S/2C8H19O4PS.C8H16O2S.C7H17O5PS.2C7H17O4PS.C7H14O3S.C6H15O4PS.C5H13O5PS/c2*1-5-12-13(9,6-2)7-14(10,11)8(3)4;1-7(2)11(9,10)6-8-4-3-5-8;1-6(2)14(9,10)7(3)13(8,11-4)12-5;2*1-5-11-12(4,8)6-13(9,10)7(2)3;1-6(2)11(8,9)5-7-3-4-10-7;1-6(2)12(8,9)5-11(4,7)10-3;1-5(12(4,7)8)11(6,9-2)10-3/h2*8H,5-7H2,1-4H3;7-8H,3-6H2,1-2H3;6-7H,1-5H3;2*7H,5-6H2,1-4H3;6-7H,3-5H2,1-2H3;6H,5H2,1-4H3;5H,1-4H3/t2*13-;;7-;2*12-;;11-;5-/m10.110.00/s1. The third-order valence-electron chi connectivity index (χ3n) is 16.5. The van der Waals surface area contributed by atoms with Crippen LogP contribution in [0.25, 0.3) is 0 Å². The first-order valence-electron chi connectivity index (χ1n) is 36.7. The van der Waals surface area contributed by atoms with Gasteiger partial charge in [-0.3, -0.25) is 32.0 Å². The molecule has 51 heteroatoms. The zero-order chi connectivity index (χ0) is 92.7. The minimum absolute atomic E-state index is 0.0256. The lowest BCUT2D eigenvalue weighted by molar-refractivity contribution is -0.0353. The van der Waals surface area contributed by atoms with Crippen LogP contribution in [0.2, 0.25) is 0 Å². The summed E-state index contributed by atoms with van der Waals surface area (Å²) in [5.41, 5.74) is -1.74. The molecule has 2 rings (SSSR count). The Morgan fingerprint density at radius 2 is 0.570 bits per heavy atom. The molecule has 8 atom stereocenters. The van der Waals surface area contributed by atoms with Crippen LogP contribution in [0.4, 0.5) is 0 Å². The highest BCUT2D eigenvalue weighted by Crippen LogP contribution is 2.55. The Balaban J connectivity index is -0.000000226. The fraction of sp³-hybridized carbons (Fsp3) is 1.00. The van der Waals surface area contributed by atoms with E-state index in [1.54, 1.807) is 138 Å². The summed E-state index contributed by atoms with van der Waals surface area (Å²) in [4.78, 5) is -2.26. The van der Waals surface area contributed by atoms with E-state index >= 15 is 0 Å². The Morgan fingerprint density at radius 1 is 0.325 bits per heavy atom. The van der Waals surface area contributed by atoms with Crippen molar-refractivity contribution in [2.75, 3.05) is 146 Å². The average Bonchev–Trinajstić information content (AvgIpc) is 0.801. The molecule has 698 valence electrons. The molecule has 2 aliphatic rings. The molecule has 1 saturated heterocycles. The molecule has 35 nitrogen and oxygen atoms in total. The highest BCUT2D eigenvalue weighted by atomic mass is 32.2. The van der Waals surface area contributed by atoms with Crippen LogP contribution >= 0.6 is 52.0 Å². The highest BCUT2D eigenvalue weighted by Gasteiger charge is 2.42. The Labute approximate surface area is 690 Å². The Kier molecular flexibility index (Phi) is 62.8. The van der Waals surface area contributed by atoms with E-state index in [0.717, 1.165) is 46.3 Å². The molecule has 0 radical (unpaired) electrons. The van der Waals surface area contributed by atoms with Crippen molar-refractivity contribution in [2.24, 2.45) is 5.92 Å². The van der Waals surface area contributed by atoms with Gasteiger partial charge in [0, 0.05) is 80.7 Å². The Morgan fingerprint density at radius 3 is 0.746 bits per heavy atom. The quantitative estimate of drug-likeness (QED) is 0.0513. The van der Waals surface area contributed by atoms with Crippen LogP contribution in [0.15, 0.2) is 0 Å². The van der Waals surface area contributed by atoms with Gasteiger partial charge in [-0.1, -0.05) is 20.3 Å². The second-order valence-electron chi connectivity index (χ2n) is 28.7. The monoisotopic (exact) mass is 1970 g/mol. The van der Waals surface area contributed by atoms with Crippen molar-refractivity contribution in [3.63, 3.8) is 0 Å². The van der Waals surface area contributed by atoms with Gasteiger partial charge in [-0.2, -0.15) is 0 Å². The number of ether oxygens (including phenoxy) is 1. The summed E-state index contributed by atoms with van der Waals surface area (Å²) in [6.07, 6.45) is 5.85. The molecular weight excluding hydrogens is 1820 g/mol. The number of hydrogen-bond acceptors (Lipinski definition) is 35. The van der Waals surface area contributed by atoms with Gasteiger partial charge in [-0.05, 0) is 178 Å². The van der Waals surface area contributed by atoms with E-state index in [2.05, 4.69) is 22.6 Å². The first-order chi connectivity index (χ1) is 50.7. The summed E-state index contributed by atoms with van der Waals surface area (Å²) in [5.74, 6) is 1.09. The van der Waals surface area contributed by atoms with Gasteiger partial charge in [-0.25, -0.2) is 75.8 Å². The molecule has 1 heterocycles. The molecule has 1 aliphatic carbocycles. The summed E-state index contributed by atoms with van der Waals surface area (Å²) >= 11 is 0. The van der Waals surface area contributed by atoms with Gasteiger partial charge in [0.05, 0.1) is 86.0 Å². The zero-order valence-corrected chi connectivity index (χ0v) is 87.4. The molecule has 1 saturated carbocycles. The molecule has 0 N–H and O–H groups in total.